The summed E-state index contributed by atoms with van der Waals surface area (Å²) < 4.78 is 3.07. The number of carbonyl (C=O) groups excluding carboxylic acids is 8. The first kappa shape index (κ1) is 49.2. The van der Waals surface area contributed by atoms with Crippen LogP contribution in [0.2, 0.25) is 0 Å². The number of nitrogens with one attached hydrogen (secondary N) is 6. The molecule has 0 fully saturated rings. The van der Waals surface area contributed by atoms with Crippen LogP contribution >= 0.6 is 0 Å². The molecule has 3 heterocycles. The van der Waals surface area contributed by atoms with Gasteiger partial charge in [-0.1, -0.05) is 6.07 Å². The van der Waals surface area contributed by atoms with Gasteiger partial charge in [0.2, 0.25) is 11.8 Å². The van der Waals surface area contributed by atoms with Crippen molar-refractivity contribution in [1.29, 1.82) is 0 Å². The fourth-order valence-corrected chi connectivity index (χ4v) is 7.51. The lowest BCUT2D eigenvalue weighted by molar-refractivity contribution is -0.383. The van der Waals surface area contributed by atoms with E-state index in [1.807, 2.05) is 38.0 Å². The first-order chi connectivity index (χ1) is 32.3. The number of non-ortho nitro benzene ring substituents is 1. The van der Waals surface area contributed by atoms with Crippen molar-refractivity contribution < 1.29 is 43.3 Å². The minimum Gasteiger partial charge on any atom is -0.351 e. The van der Waals surface area contributed by atoms with Crippen molar-refractivity contribution in [3.05, 3.63) is 117 Å². The van der Waals surface area contributed by atoms with E-state index in [0.29, 0.717) is 13.1 Å². The minimum absolute atomic E-state index is 0.0493. The largest absolute Gasteiger partial charge is 0.351 e. The fraction of sp³-hybridized carbons (Fsp3) is 0.304. The highest BCUT2D eigenvalue weighted by molar-refractivity contribution is 6.36. The van der Waals surface area contributed by atoms with Crippen LogP contribution < -0.4 is 36.8 Å². The first-order valence-electron chi connectivity index (χ1n) is 21.4. The van der Waals surface area contributed by atoms with Crippen molar-refractivity contribution in [2.75, 3.05) is 83.0 Å². The number of nitro benzene ring substituents is 1. The Morgan fingerprint density at radius 2 is 1.09 bits per heavy atom. The quantitative estimate of drug-likeness (QED) is 0.0284. The molecule has 8 amide bonds. The van der Waals surface area contributed by atoms with Gasteiger partial charge < -0.3 is 50.8 Å². The molecule has 5 aromatic rings. The number of aromatic nitrogens is 2. The number of benzene rings is 3. The lowest BCUT2D eigenvalue weighted by Crippen LogP contribution is -2.41. The molecule has 0 bridgehead atoms. The zero-order valence-corrected chi connectivity index (χ0v) is 38.4. The maximum Gasteiger partial charge on any atom is 0.277 e. The van der Waals surface area contributed by atoms with E-state index in [0.717, 1.165) is 55.1 Å². The summed E-state index contributed by atoms with van der Waals surface area (Å²) in [6.07, 6.45) is 4.52. The number of rotatable bonds is 20. The van der Waals surface area contributed by atoms with Gasteiger partial charge in [-0.05, 0) is 103 Å². The maximum absolute atomic E-state index is 14.1. The molecule has 0 spiro atoms. The summed E-state index contributed by atoms with van der Waals surface area (Å²) in [5, 5.41) is 27.8. The number of carbonyl (C=O) groups is 8. The molecule has 22 nitrogen and oxygen atoms in total. The molecular formula is C46H52N12O10. The van der Waals surface area contributed by atoms with Gasteiger partial charge in [0, 0.05) is 73.3 Å². The monoisotopic (exact) mass is 932 g/mol. The Labute approximate surface area is 390 Å². The molecular weight excluding hydrogens is 881 g/mol. The Morgan fingerprint density at radius 3 is 1.54 bits per heavy atom. The van der Waals surface area contributed by atoms with Crippen LogP contribution in [-0.4, -0.2) is 139 Å². The van der Waals surface area contributed by atoms with E-state index < -0.39 is 53.5 Å². The molecule has 0 saturated heterocycles. The van der Waals surface area contributed by atoms with E-state index in [9.17, 15) is 48.5 Å². The molecule has 0 saturated carbocycles. The average Bonchev–Trinajstić information content (AvgIpc) is 3.85. The van der Waals surface area contributed by atoms with E-state index in [1.54, 1.807) is 14.1 Å². The smallest absolute Gasteiger partial charge is 0.277 e. The molecule has 1 aliphatic heterocycles. The summed E-state index contributed by atoms with van der Waals surface area (Å²) in [5.74, 6) is -5.61. The molecule has 0 atom stereocenters. The van der Waals surface area contributed by atoms with Crippen molar-refractivity contribution in [3.63, 3.8) is 0 Å². The maximum atomic E-state index is 14.1. The summed E-state index contributed by atoms with van der Waals surface area (Å²) >= 11 is 0. The van der Waals surface area contributed by atoms with Gasteiger partial charge in [-0.25, -0.2) is 4.90 Å². The van der Waals surface area contributed by atoms with Crippen molar-refractivity contribution in [1.82, 2.24) is 40.2 Å². The van der Waals surface area contributed by atoms with Crippen molar-refractivity contribution in [3.8, 4) is 0 Å². The Kier molecular flexibility index (Phi) is 15.5. The molecule has 6 N–H and O–H groups in total. The zero-order valence-electron chi connectivity index (χ0n) is 38.4. The van der Waals surface area contributed by atoms with Gasteiger partial charge in [-0.3, -0.25) is 48.5 Å². The minimum atomic E-state index is -0.898. The van der Waals surface area contributed by atoms with Crippen LogP contribution in [0.25, 0.3) is 10.8 Å². The van der Waals surface area contributed by atoms with Crippen molar-refractivity contribution in [2.45, 2.75) is 12.8 Å². The Balaban J connectivity index is 1.19. The molecule has 1 aliphatic rings. The summed E-state index contributed by atoms with van der Waals surface area (Å²) in [6, 6.07) is 13.0. The molecule has 68 heavy (non-hydrogen) atoms. The molecule has 2 aromatic heterocycles. The highest BCUT2D eigenvalue weighted by atomic mass is 16.6. The molecule has 0 radical (unpaired) electrons. The van der Waals surface area contributed by atoms with Crippen LogP contribution in [0.15, 0.2) is 73.1 Å². The van der Waals surface area contributed by atoms with Gasteiger partial charge in [0.25, 0.3) is 41.1 Å². The van der Waals surface area contributed by atoms with Gasteiger partial charge >= 0.3 is 0 Å². The third-order valence-electron chi connectivity index (χ3n) is 10.8. The second-order valence-electron chi connectivity index (χ2n) is 16.6. The highest BCUT2D eigenvalue weighted by Gasteiger charge is 2.36. The van der Waals surface area contributed by atoms with Crippen LogP contribution in [0.3, 0.4) is 0 Å². The summed E-state index contributed by atoms with van der Waals surface area (Å²) in [6.45, 7) is 1.29. The van der Waals surface area contributed by atoms with Gasteiger partial charge in [0.15, 0.2) is 0 Å². The molecule has 356 valence electrons. The van der Waals surface area contributed by atoms with Gasteiger partial charge in [0.05, 0.1) is 40.5 Å². The summed E-state index contributed by atoms with van der Waals surface area (Å²) in [4.78, 5) is 123. The van der Waals surface area contributed by atoms with E-state index >= 15 is 0 Å². The van der Waals surface area contributed by atoms with E-state index in [-0.39, 0.29) is 79.0 Å². The van der Waals surface area contributed by atoms with Crippen LogP contribution in [0.5, 0.6) is 0 Å². The number of anilines is 3. The van der Waals surface area contributed by atoms with Gasteiger partial charge in [-0.2, -0.15) is 0 Å². The van der Waals surface area contributed by atoms with Gasteiger partial charge in [-0.15, -0.1) is 0 Å². The average molecular weight is 933 g/mol. The Bertz CT molecular complexity index is 2700. The van der Waals surface area contributed by atoms with Crippen LogP contribution in [0.1, 0.15) is 75.3 Å². The number of hydrogen-bond acceptors (Lipinski definition) is 12. The molecule has 3 aromatic carbocycles. The number of imide groups is 1. The fourth-order valence-electron chi connectivity index (χ4n) is 7.51. The number of aryl methyl sites for hydroxylation is 2. The lowest BCUT2D eigenvalue weighted by Gasteiger charge is -2.27. The SMILES string of the molecule is CN(C)CCCNC(=O)c1cc(NC(=O)CNC(=O)c2cc(C(=O)NCC(=O)Nc3cc(C(=O)NCCCN(C)C)n(C)c3)cc(N3C(=O)c4cccc5c([N+](=O)[O-])ccc(c45)C3=O)c2)cn1C. The predicted molar refractivity (Wildman–Crippen MR) is 252 cm³/mol. The number of nitro groups is 1. The lowest BCUT2D eigenvalue weighted by atomic mass is 9.92. The second-order valence-corrected chi connectivity index (χ2v) is 16.6. The Hall–Kier alpha value is -8.24. The van der Waals surface area contributed by atoms with Crippen molar-refractivity contribution >= 4 is 80.8 Å². The molecule has 22 heteroatoms. The van der Waals surface area contributed by atoms with Crippen LogP contribution in [-0.2, 0) is 23.7 Å². The molecule has 6 rings (SSSR count). The first-order valence-corrected chi connectivity index (χ1v) is 21.4. The normalized spacial score (nSPS) is 12.0. The summed E-state index contributed by atoms with van der Waals surface area (Å²) in [5.41, 5.74) is -0.0450. The number of amides is 8. The van der Waals surface area contributed by atoms with E-state index in [4.69, 9.17) is 0 Å². The third-order valence-corrected chi connectivity index (χ3v) is 10.8. The standard InChI is InChI=1S/C46H52N12O10/c1-53(2)16-8-14-47-43(63)36-21-29(25-55(36)5)51-38(59)23-49-41(61)27-18-28(42(62)50-24-39(60)52-30-22-37(56(6)26-30)44(64)48-15-9-17-54(3)4)20-31(19-27)57-45(65)33-11-7-10-32-35(58(67)68)13-12-34(40(32)33)46(57)66/h7,10-13,18-22,25-26H,8-9,14-17,23-24H2,1-6H3,(H,47,63)(H,48,64)(H,49,61)(H,50,62)(H,51,59)(H,52,60). The molecule has 0 aliphatic carbocycles. The van der Waals surface area contributed by atoms with Crippen LogP contribution in [0.4, 0.5) is 22.7 Å². The predicted octanol–water partition coefficient (Wildman–Crippen LogP) is 2.33. The third kappa shape index (κ3) is 11.6. The molecule has 0 unspecified atom stereocenters. The zero-order chi connectivity index (χ0) is 49.4. The van der Waals surface area contributed by atoms with Crippen LogP contribution in [0, 0.1) is 10.1 Å². The second kappa shape index (κ2) is 21.4. The number of nitrogens with zero attached hydrogens (tertiary/aromatic N) is 6. The topological polar surface area (TPSA) is 271 Å². The van der Waals surface area contributed by atoms with E-state index in [2.05, 4.69) is 31.9 Å². The number of hydrogen-bond donors (Lipinski definition) is 6. The van der Waals surface area contributed by atoms with E-state index in [1.165, 1.54) is 57.9 Å². The van der Waals surface area contributed by atoms with Crippen molar-refractivity contribution in [2.24, 2.45) is 14.1 Å². The van der Waals surface area contributed by atoms with Gasteiger partial charge in [0.1, 0.15) is 11.4 Å². The Morgan fingerprint density at radius 1 is 0.618 bits per heavy atom. The summed E-state index contributed by atoms with van der Waals surface area (Å²) in [7, 11) is 11.0. The highest BCUT2D eigenvalue weighted by Crippen LogP contribution is 2.37.